The predicted molar refractivity (Wildman–Crippen MR) is 78.4 cm³/mol. The number of hydrogen-bond donors (Lipinski definition) is 2. The average Bonchev–Trinajstić information content (AvgIpc) is 2.95. The molecule has 0 bridgehead atoms. The van der Waals surface area contributed by atoms with Crippen molar-refractivity contribution in [1.29, 1.82) is 0 Å². The molecule has 2 fully saturated rings. The minimum absolute atomic E-state index is 0.126. The van der Waals surface area contributed by atoms with Crippen LogP contribution in [0.4, 0.5) is 4.79 Å². The summed E-state index contributed by atoms with van der Waals surface area (Å²) in [4.78, 5) is 25.4. The highest BCUT2D eigenvalue weighted by atomic mass is 16.2. The van der Waals surface area contributed by atoms with Crippen LogP contribution in [-0.4, -0.2) is 42.5 Å². The minimum Gasteiger partial charge on any atom is -0.343 e. The molecule has 2 rings (SSSR count). The summed E-state index contributed by atoms with van der Waals surface area (Å²) in [6.07, 6.45) is 7.16. The molecule has 1 aliphatic heterocycles. The molecule has 2 N–H and O–H groups in total. The van der Waals surface area contributed by atoms with E-state index in [2.05, 4.69) is 17.6 Å². The molecule has 1 saturated heterocycles. The van der Waals surface area contributed by atoms with Crippen molar-refractivity contribution in [3.63, 3.8) is 0 Å². The molecule has 5 heteroatoms. The molecule has 0 aromatic heterocycles. The Morgan fingerprint density at radius 1 is 1.10 bits per heavy atom. The van der Waals surface area contributed by atoms with E-state index in [1.807, 2.05) is 4.90 Å². The SMILES string of the molecule is CC1CCC(NC(=O)NCCC(=O)N2CCCC2)CC1. The van der Waals surface area contributed by atoms with E-state index in [0.717, 1.165) is 44.7 Å². The molecule has 1 heterocycles. The molecule has 1 saturated carbocycles. The summed E-state index contributed by atoms with van der Waals surface area (Å²) in [5.74, 6) is 0.948. The van der Waals surface area contributed by atoms with E-state index < -0.39 is 0 Å². The van der Waals surface area contributed by atoms with E-state index >= 15 is 0 Å². The van der Waals surface area contributed by atoms with Gasteiger partial charge in [-0.05, 0) is 44.4 Å². The second kappa shape index (κ2) is 7.50. The monoisotopic (exact) mass is 281 g/mol. The van der Waals surface area contributed by atoms with Crippen LogP contribution < -0.4 is 10.6 Å². The third kappa shape index (κ3) is 4.69. The lowest BCUT2D eigenvalue weighted by molar-refractivity contribution is -0.129. The fourth-order valence-electron chi connectivity index (χ4n) is 3.05. The van der Waals surface area contributed by atoms with E-state index in [4.69, 9.17) is 0 Å². The normalized spacial score (nSPS) is 26.4. The summed E-state index contributed by atoms with van der Waals surface area (Å²) in [7, 11) is 0. The molecule has 2 aliphatic rings. The first kappa shape index (κ1) is 15.1. The van der Waals surface area contributed by atoms with Crippen molar-refractivity contribution in [3.8, 4) is 0 Å². The quantitative estimate of drug-likeness (QED) is 0.826. The number of hydrogen-bond acceptors (Lipinski definition) is 2. The van der Waals surface area contributed by atoms with Crippen LogP contribution in [0.15, 0.2) is 0 Å². The zero-order valence-electron chi connectivity index (χ0n) is 12.5. The second-order valence-electron chi connectivity index (χ2n) is 6.19. The van der Waals surface area contributed by atoms with Gasteiger partial charge in [0.15, 0.2) is 0 Å². The van der Waals surface area contributed by atoms with Gasteiger partial charge in [0, 0.05) is 32.1 Å². The van der Waals surface area contributed by atoms with Gasteiger partial charge in [0.1, 0.15) is 0 Å². The third-order valence-electron chi connectivity index (χ3n) is 4.43. The van der Waals surface area contributed by atoms with E-state index in [0.29, 0.717) is 19.0 Å². The highest BCUT2D eigenvalue weighted by Gasteiger charge is 2.20. The number of nitrogens with one attached hydrogen (secondary N) is 2. The number of carbonyl (C=O) groups excluding carboxylic acids is 2. The number of carbonyl (C=O) groups is 2. The fourth-order valence-corrected chi connectivity index (χ4v) is 3.05. The van der Waals surface area contributed by atoms with E-state index in [9.17, 15) is 9.59 Å². The molecule has 5 nitrogen and oxygen atoms in total. The van der Waals surface area contributed by atoms with Gasteiger partial charge in [-0.25, -0.2) is 4.79 Å². The lowest BCUT2D eigenvalue weighted by atomic mass is 9.87. The van der Waals surface area contributed by atoms with Gasteiger partial charge in [-0.1, -0.05) is 6.92 Å². The Balaban J connectivity index is 1.56. The first-order valence-corrected chi connectivity index (χ1v) is 7.97. The minimum atomic E-state index is -0.126. The zero-order chi connectivity index (χ0) is 14.4. The van der Waals surface area contributed by atoms with Crippen molar-refractivity contribution < 1.29 is 9.59 Å². The second-order valence-corrected chi connectivity index (χ2v) is 6.19. The van der Waals surface area contributed by atoms with Gasteiger partial charge >= 0.3 is 6.03 Å². The number of likely N-dealkylation sites (tertiary alicyclic amines) is 1. The van der Waals surface area contributed by atoms with Crippen molar-refractivity contribution in [1.82, 2.24) is 15.5 Å². The first-order valence-electron chi connectivity index (χ1n) is 7.97. The largest absolute Gasteiger partial charge is 0.343 e. The van der Waals surface area contributed by atoms with Crippen molar-refractivity contribution in [3.05, 3.63) is 0 Å². The zero-order valence-corrected chi connectivity index (χ0v) is 12.5. The summed E-state index contributed by atoms with van der Waals surface area (Å²) in [6, 6.07) is 0.180. The maximum atomic E-state index is 11.8. The molecule has 20 heavy (non-hydrogen) atoms. The molecule has 1 aliphatic carbocycles. The summed E-state index contributed by atoms with van der Waals surface area (Å²) >= 11 is 0. The van der Waals surface area contributed by atoms with Crippen LogP contribution in [0, 0.1) is 5.92 Å². The molecule has 0 radical (unpaired) electrons. The maximum absolute atomic E-state index is 11.8. The van der Waals surface area contributed by atoms with Crippen LogP contribution in [0.3, 0.4) is 0 Å². The molecule has 0 spiro atoms. The predicted octanol–water partition coefficient (Wildman–Crippen LogP) is 1.88. The lowest BCUT2D eigenvalue weighted by Gasteiger charge is -2.27. The standard InChI is InChI=1S/C15H27N3O2/c1-12-4-6-13(7-5-12)17-15(20)16-9-8-14(19)18-10-2-3-11-18/h12-13H,2-11H2,1H3,(H2,16,17,20). The third-order valence-corrected chi connectivity index (χ3v) is 4.43. The van der Waals surface area contributed by atoms with Crippen molar-refractivity contribution in [2.75, 3.05) is 19.6 Å². The molecule has 0 atom stereocenters. The Hall–Kier alpha value is -1.26. The van der Waals surface area contributed by atoms with E-state index in [-0.39, 0.29) is 11.9 Å². The molecule has 3 amide bonds. The number of amides is 3. The molecular formula is C15H27N3O2. The molecule has 0 aromatic rings. The van der Waals surface area contributed by atoms with Gasteiger partial charge in [0.2, 0.25) is 5.91 Å². The highest BCUT2D eigenvalue weighted by molar-refractivity contribution is 5.78. The summed E-state index contributed by atoms with van der Waals surface area (Å²) < 4.78 is 0. The Morgan fingerprint density at radius 2 is 1.75 bits per heavy atom. The Morgan fingerprint density at radius 3 is 2.40 bits per heavy atom. The summed E-state index contributed by atoms with van der Waals surface area (Å²) in [5.41, 5.74) is 0. The summed E-state index contributed by atoms with van der Waals surface area (Å²) in [5, 5.41) is 5.81. The van der Waals surface area contributed by atoms with Gasteiger partial charge in [-0.2, -0.15) is 0 Å². The average molecular weight is 281 g/mol. The van der Waals surface area contributed by atoms with Gasteiger partial charge in [0.25, 0.3) is 0 Å². The van der Waals surface area contributed by atoms with Crippen molar-refractivity contribution in [2.24, 2.45) is 5.92 Å². The van der Waals surface area contributed by atoms with Crippen LogP contribution in [0.2, 0.25) is 0 Å². The van der Waals surface area contributed by atoms with Gasteiger partial charge in [0.05, 0.1) is 0 Å². The molecule has 114 valence electrons. The Labute approximate surface area is 121 Å². The fraction of sp³-hybridized carbons (Fsp3) is 0.867. The van der Waals surface area contributed by atoms with Gasteiger partial charge < -0.3 is 15.5 Å². The van der Waals surface area contributed by atoms with E-state index in [1.54, 1.807) is 0 Å². The molecule has 0 aromatic carbocycles. The van der Waals surface area contributed by atoms with Crippen LogP contribution in [-0.2, 0) is 4.79 Å². The smallest absolute Gasteiger partial charge is 0.315 e. The van der Waals surface area contributed by atoms with Crippen LogP contribution >= 0.6 is 0 Å². The lowest BCUT2D eigenvalue weighted by Crippen LogP contribution is -2.44. The van der Waals surface area contributed by atoms with Gasteiger partial charge in [-0.15, -0.1) is 0 Å². The van der Waals surface area contributed by atoms with Gasteiger partial charge in [-0.3, -0.25) is 4.79 Å². The highest BCUT2D eigenvalue weighted by Crippen LogP contribution is 2.23. The van der Waals surface area contributed by atoms with Crippen LogP contribution in [0.1, 0.15) is 51.9 Å². The number of rotatable bonds is 4. The maximum Gasteiger partial charge on any atom is 0.315 e. The van der Waals surface area contributed by atoms with Crippen molar-refractivity contribution >= 4 is 11.9 Å². The van der Waals surface area contributed by atoms with Crippen LogP contribution in [0.25, 0.3) is 0 Å². The molecule has 0 unspecified atom stereocenters. The molecular weight excluding hydrogens is 254 g/mol. The van der Waals surface area contributed by atoms with E-state index in [1.165, 1.54) is 12.8 Å². The number of nitrogens with zero attached hydrogens (tertiary/aromatic N) is 1. The Kier molecular flexibility index (Phi) is 5.68. The topological polar surface area (TPSA) is 61.4 Å². The first-order chi connectivity index (χ1) is 9.65. The Bertz CT molecular complexity index is 332. The summed E-state index contributed by atoms with van der Waals surface area (Å²) in [6.45, 7) is 4.46. The number of urea groups is 1. The van der Waals surface area contributed by atoms with Crippen LogP contribution in [0.5, 0.6) is 0 Å². The van der Waals surface area contributed by atoms with Crippen molar-refractivity contribution in [2.45, 2.75) is 57.9 Å².